The Hall–Kier alpha value is -1.87. The quantitative estimate of drug-likeness (QED) is 0.666. The first-order chi connectivity index (χ1) is 8.65. The zero-order chi connectivity index (χ0) is 12.7. The second-order valence-corrected chi connectivity index (χ2v) is 4.78. The molecule has 0 N–H and O–H groups in total. The summed E-state index contributed by atoms with van der Waals surface area (Å²) >= 11 is 6.03. The van der Waals surface area contributed by atoms with Crippen molar-refractivity contribution in [2.45, 2.75) is 13.8 Å². The molecule has 0 saturated carbocycles. The van der Waals surface area contributed by atoms with E-state index >= 15 is 0 Å². The maximum atomic E-state index is 6.03. The monoisotopic (exact) mass is 257 g/mol. The van der Waals surface area contributed by atoms with Crippen molar-refractivity contribution in [1.29, 1.82) is 0 Å². The highest BCUT2D eigenvalue weighted by molar-refractivity contribution is 6.30. The fourth-order valence-electron chi connectivity index (χ4n) is 2.13. The van der Waals surface area contributed by atoms with E-state index in [0.717, 1.165) is 33.2 Å². The normalized spacial score (nSPS) is 11.1. The molecule has 4 heteroatoms. The van der Waals surface area contributed by atoms with Crippen molar-refractivity contribution < 1.29 is 0 Å². The second kappa shape index (κ2) is 4.10. The highest BCUT2D eigenvalue weighted by atomic mass is 35.5. The Morgan fingerprint density at radius 3 is 2.78 bits per heavy atom. The number of aromatic nitrogens is 3. The number of hydrogen-bond donors (Lipinski definition) is 0. The summed E-state index contributed by atoms with van der Waals surface area (Å²) < 4.78 is 1.85. The molecule has 0 atom stereocenters. The van der Waals surface area contributed by atoms with Gasteiger partial charge >= 0.3 is 0 Å². The molecule has 0 saturated heterocycles. The first-order valence-electron chi connectivity index (χ1n) is 5.73. The molecule has 0 amide bonds. The Morgan fingerprint density at radius 1 is 1.17 bits per heavy atom. The van der Waals surface area contributed by atoms with Gasteiger partial charge in [-0.3, -0.25) is 0 Å². The average molecular weight is 258 g/mol. The highest BCUT2D eigenvalue weighted by Gasteiger charge is 2.10. The maximum Gasteiger partial charge on any atom is 0.163 e. The fraction of sp³-hybridized carbons (Fsp3) is 0.143. The van der Waals surface area contributed by atoms with Crippen LogP contribution in [0.3, 0.4) is 0 Å². The average Bonchev–Trinajstić information content (AvgIpc) is 2.72. The molecule has 0 unspecified atom stereocenters. The van der Waals surface area contributed by atoms with Crippen LogP contribution in [0.4, 0.5) is 0 Å². The van der Waals surface area contributed by atoms with Crippen LogP contribution < -0.4 is 0 Å². The Balaban J connectivity index is 2.30. The van der Waals surface area contributed by atoms with E-state index in [1.54, 1.807) is 0 Å². The summed E-state index contributed by atoms with van der Waals surface area (Å²) in [7, 11) is 0. The summed E-state index contributed by atoms with van der Waals surface area (Å²) in [6, 6.07) is 9.76. The van der Waals surface area contributed by atoms with Gasteiger partial charge in [0, 0.05) is 22.0 Å². The SMILES string of the molecule is Cc1cc(C)n2ncc(-c3cccc(Cl)c3)c2n1. The van der Waals surface area contributed by atoms with E-state index < -0.39 is 0 Å². The minimum absolute atomic E-state index is 0.719. The van der Waals surface area contributed by atoms with E-state index in [1.165, 1.54) is 0 Å². The molecule has 2 heterocycles. The lowest BCUT2D eigenvalue weighted by molar-refractivity contribution is 0.886. The molecule has 2 aromatic heterocycles. The van der Waals surface area contributed by atoms with Gasteiger partial charge in [0.05, 0.1) is 6.20 Å². The zero-order valence-corrected chi connectivity index (χ0v) is 10.9. The van der Waals surface area contributed by atoms with Gasteiger partial charge in [-0.2, -0.15) is 5.10 Å². The lowest BCUT2D eigenvalue weighted by atomic mass is 10.1. The number of halogens is 1. The van der Waals surface area contributed by atoms with Gasteiger partial charge in [0.15, 0.2) is 5.65 Å². The number of rotatable bonds is 1. The molecular formula is C14H12ClN3. The molecule has 0 aliphatic heterocycles. The summed E-state index contributed by atoms with van der Waals surface area (Å²) in [4.78, 5) is 4.56. The van der Waals surface area contributed by atoms with Crippen LogP contribution >= 0.6 is 11.6 Å². The molecule has 3 aromatic rings. The van der Waals surface area contributed by atoms with Crippen molar-refractivity contribution in [2.75, 3.05) is 0 Å². The molecule has 0 aliphatic rings. The molecule has 3 rings (SSSR count). The van der Waals surface area contributed by atoms with Crippen molar-refractivity contribution in [3.05, 3.63) is 52.9 Å². The third kappa shape index (κ3) is 1.77. The number of benzene rings is 1. The van der Waals surface area contributed by atoms with Crippen LogP contribution in [0.15, 0.2) is 36.5 Å². The maximum absolute atomic E-state index is 6.03. The van der Waals surface area contributed by atoms with Crippen LogP contribution in [-0.2, 0) is 0 Å². The van der Waals surface area contributed by atoms with E-state index in [0.29, 0.717) is 0 Å². The van der Waals surface area contributed by atoms with Crippen LogP contribution in [0.25, 0.3) is 16.8 Å². The van der Waals surface area contributed by atoms with Gasteiger partial charge in [0.1, 0.15) is 0 Å². The summed E-state index contributed by atoms with van der Waals surface area (Å²) in [6.07, 6.45) is 1.83. The topological polar surface area (TPSA) is 30.2 Å². The molecule has 0 aliphatic carbocycles. The zero-order valence-electron chi connectivity index (χ0n) is 10.2. The van der Waals surface area contributed by atoms with Gasteiger partial charge in [-0.25, -0.2) is 9.50 Å². The first kappa shape index (κ1) is 11.2. The molecule has 0 spiro atoms. The predicted octanol–water partition coefficient (Wildman–Crippen LogP) is 3.67. The molecule has 0 radical (unpaired) electrons. The Labute approximate surface area is 110 Å². The van der Waals surface area contributed by atoms with Crippen LogP contribution in [0, 0.1) is 13.8 Å². The first-order valence-corrected chi connectivity index (χ1v) is 6.11. The van der Waals surface area contributed by atoms with Crippen molar-refractivity contribution in [3.63, 3.8) is 0 Å². The van der Waals surface area contributed by atoms with E-state index in [-0.39, 0.29) is 0 Å². The van der Waals surface area contributed by atoms with Gasteiger partial charge in [-0.15, -0.1) is 0 Å². The minimum Gasteiger partial charge on any atom is -0.233 e. The van der Waals surface area contributed by atoms with E-state index in [4.69, 9.17) is 11.6 Å². The van der Waals surface area contributed by atoms with E-state index in [1.807, 2.05) is 54.9 Å². The van der Waals surface area contributed by atoms with Crippen LogP contribution in [0.2, 0.25) is 5.02 Å². The molecule has 0 fully saturated rings. The van der Waals surface area contributed by atoms with Crippen molar-refractivity contribution in [2.24, 2.45) is 0 Å². The third-order valence-corrected chi connectivity index (χ3v) is 3.15. The lowest BCUT2D eigenvalue weighted by Crippen LogP contribution is -1.97. The van der Waals surface area contributed by atoms with Crippen molar-refractivity contribution in [1.82, 2.24) is 14.6 Å². The van der Waals surface area contributed by atoms with Gasteiger partial charge in [0.25, 0.3) is 0 Å². The van der Waals surface area contributed by atoms with E-state index in [2.05, 4.69) is 10.1 Å². The van der Waals surface area contributed by atoms with Gasteiger partial charge in [0.2, 0.25) is 0 Å². The van der Waals surface area contributed by atoms with Gasteiger partial charge < -0.3 is 0 Å². The summed E-state index contributed by atoms with van der Waals surface area (Å²) in [5.41, 5.74) is 4.98. The molecule has 18 heavy (non-hydrogen) atoms. The summed E-state index contributed by atoms with van der Waals surface area (Å²) in [6.45, 7) is 4.01. The van der Waals surface area contributed by atoms with Crippen molar-refractivity contribution in [3.8, 4) is 11.1 Å². The standard InChI is InChI=1S/C14H12ClN3/c1-9-6-10(2)18-14(17-9)13(8-16-18)11-4-3-5-12(15)7-11/h3-8H,1-2H3. The largest absolute Gasteiger partial charge is 0.233 e. The second-order valence-electron chi connectivity index (χ2n) is 4.34. The van der Waals surface area contributed by atoms with Gasteiger partial charge in [-0.1, -0.05) is 23.7 Å². The van der Waals surface area contributed by atoms with Gasteiger partial charge in [-0.05, 0) is 37.6 Å². The van der Waals surface area contributed by atoms with Crippen LogP contribution in [0.5, 0.6) is 0 Å². The molecular weight excluding hydrogens is 246 g/mol. The number of hydrogen-bond acceptors (Lipinski definition) is 2. The summed E-state index contributed by atoms with van der Waals surface area (Å²) in [5, 5.41) is 5.10. The molecule has 90 valence electrons. The number of nitrogens with zero attached hydrogens (tertiary/aromatic N) is 3. The van der Waals surface area contributed by atoms with Crippen molar-refractivity contribution >= 4 is 17.2 Å². The Bertz CT molecular complexity index is 731. The highest BCUT2D eigenvalue weighted by Crippen LogP contribution is 2.26. The fourth-order valence-corrected chi connectivity index (χ4v) is 2.32. The number of aryl methyl sites for hydroxylation is 2. The molecule has 3 nitrogen and oxygen atoms in total. The third-order valence-electron chi connectivity index (χ3n) is 2.91. The van der Waals surface area contributed by atoms with Crippen LogP contribution in [-0.4, -0.2) is 14.6 Å². The Kier molecular flexibility index (Phi) is 2.56. The molecule has 1 aromatic carbocycles. The number of fused-ring (bicyclic) bond motifs is 1. The smallest absolute Gasteiger partial charge is 0.163 e. The van der Waals surface area contributed by atoms with Crippen LogP contribution in [0.1, 0.15) is 11.4 Å². The lowest BCUT2D eigenvalue weighted by Gasteiger charge is -2.03. The summed E-state index contributed by atoms with van der Waals surface area (Å²) in [5.74, 6) is 0. The predicted molar refractivity (Wildman–Crippen MR) is 72.9 cm³/mol. The minimum atomic E-state index is 0.719. The Morgan fingerprint density at radius 2 is 2.00 bits per heavy atom. The molecule has 0 bridgehead atoms. The van der Waals surface area contributed by atoms with E-state index in [9.17, 15) is 0 Å².